The van der Waals surface area contributed by atoms with Gasteiger partial charge in [-0.1, -0.05) is 113 Å². The molecule has 0 aliphatic heterocycles. The molecule has 0 bridgehead atoms. The standard InChI is InChI=1S/C28H36.Hf/c1-3-11-23-21(9-1)19-27(15-7-5-13-25(23)27)17-18-28-16-8-6-14-26(28)24-12-4-2-10-22(24)20-28;/h1-4,9-12,19-26H,5-8,13-18H2;/q-2;. The molecule has 0 aromatic rings. The van der Waals surface area contributed by atoms with Gasteiger partial charge in [-0.05, 0) is 11.8 Å². The van der Waals surface area contributed by atoms with E-state index < -0.39 is 0 Å². The van der Waals surface area contributed by atoms with Gasteiger partial charge in [-0.2, -0.15) is 10.8 Å². The Labute approximate surface area is 197 Å². The Bertz CT molecular complexity index is 667. The van der Waals surface area contributed by atoms with Crippen molar-refractivity contribution >= 4 is 0 Å². The van der Waals surface area contributed by atoms with E-state index in [1.807, 2.05) is 0 Å². The molecule has 0 heterocycles. The van der Waals surface area contributed by atoms with E-state index in [0.29, 0.717) is 22.7 Å². The van der Waals surface area contributed by atoms with E-state index in [4.69, 9.17) is 0 Å². The Morgan fingerprint density at radius 1 is 0.621 bits per heavy atom. The minimum atomic E-state index is 0. The third-order valence-electron chi connectivity index (χ3n) is 9.77. The van der Waals surface area contributed by atoms with Gasteiger partial charge in [-0.25, -0.2) is 0 Å². The second kappa shape index (κ2) is 8.07. The molecule has 0 nitrogen and oxygen atoms in total. The van der Waals surface area contributed by atoms with Gasteiger partial charge in [0.05, 0.1) is 0 Å². The molecule has 29 heavy (non-hydrogen) atoms. The summed E-state index contributed by atoms with van der Waals surface area (Å²) in [6, 6.07) is 0. The minimum Gasteiger partial charge on any atom is -0.315 e. The topological polar surface area (TPSA) is 0 Å². The smallest absolute Gasteiger partial charge is 0 e. The number of allylic oxidation sites excluding steroid dienone is 8. The van der Waals surface area contributed by atoms with Crippen LogP contribution in [-0.2, 0) is 25.8 Å². The summed E-state index contributed by atoms with van der Waals surface area (Å²) in [5, 5.41) is 0. The fourth-order valence-electron chi connectivity index (χ4n) is 8.59. The van der Waals surface area contributed by atoms with Crippen LogP contribution in [0.1, 0.15) is 64.2 Å². The summed E-state index contributed by atoms with van der Waals surface area (Å²) in [6.45, 7) is 0. The first-order chi connectivity index (χ1) is 13.8. The molecule has 8 unspecified atom stereocenters. The monoisotopic (exact) mass is 552 g/mol. The van der Waals surface area contributed by atoms with E-state index in [2.05, 4.69) is 61.4 Å². The van der Waals surface area contributed by atoms with Crippen LogP contribution in [0.2, 0.25) is 0 Å². The fourth-order valence-corrected chi connectivity index (χ4v) is 8.59. The van der Waals surface area contributed by atoms with E-state index >= 15 is 0 Å². The first kappa shape index (κ1) is 20.7. The van der Waals surface area contributed by atoms with Crippen LogP contribution < -0.4 is 0 Å². The molecule has 154 valence electrons. The Balaban J connectivity index is 0.00000181. The predicted molar refractivity (Wildman–Crippen MR) is 117 cm³/mol. The van der Waals surface area contributed by atoms with Crippen molar-refractivity contribution in [1.82, 2.24) is 0 Å². The number of hydrogen-bond acceptors (Lipinski definition) is 0. The van der Waals surface area contributed by atoms with Crippen LogP contribution in [0.25, 0.3) is 0 Å². The van der Waals surface area contributed by atoms with Gasteiger partial charge in [0.25, 0.3) is 0 Å². The van der Waals surface area contributed by atoms with Gasteiger partial charge >= 0.3 is 0 Å². The first-order valence-corrected chi connectivity index (χ1v) is 12.2. The van der Waals surface area contributed by atoms with Gasteiger partial charge < -0.3 is 12.8 Å². The molecule has 0 aromatic carbocycles. The Morgan fingerprint density at radius 3 is 1.55 bits per heavy atom. The molecular formula is C28H36Hf-2. The molecule has 0 saturated heterocycles. The molecule has 0 N–H and O–H groups in total. The van der Waals surface area contributed by atoms with Gasteiger partial charge in [0.15, 0.2) is 0 Å². The summed E-state index contributed by atoms with van der Waals surface area (Å²) in [6.07, 6.45) is 39.6. The molecule has 0 amide bonds. The van der Waals surface area contributed by atoms with E-state index in [1.165, 1.54) is 64.2 Å². The van der Waals surface area contributed by atoms with Crippen molar-refractivity contribution in [2.45, 2.75) is 64.2 Å². The average Bonchev–Trinajstić information content (AvgIpc) is 3.26. The summed E-state index contributed by atoms with van der Waals surface area (Å²) in [5.41, 5.74) is 1.05. The van der Waals surface area contributed by atoms with Gasteiger partial charge in [-0.15, -0.1) is 24.0 Å². The summed E-state index contributed by atoms with van der Waals surface area (Å²) in [4.78, 5) is 0. The van der Waals surface area contributed by atoms with Gasteiger partial charge in [0.1, 0.15) is 0 Å². The first-order valence-electron chi connectivity index (χ1n) is 12.2. The number of fused-ring (bicyclic) bond motifs is 6. The quantitative estimate of drug-likeness (QED) is 0.256. The molecule has 6 aliphatic carbocycles. The van der Waals surface area contributed by atoms with Gasteiger partial charge in [-0.3, -0.25) is 0 Å². The van der Waals surface area contributed by atoms with Crippen LogP contribution in [0.3, 0.4) is 0 Å². The molecule has 6 rings (SSSR count). The molecule has 6 aliphatic rings. The van der Waals surface area contributed by atoms with Crippen LogP contribution in [0.4, 0.5) is 0 Å². The summed E-state index contributed by atoms with van der Waals surface area (Å²) in [7, 11) is 0. The van der Waals surface area contributed by atoms with Crippen molar-refractivity contribution < 1.29 is 25.8 Å². The molecule has 1 heteroatoms. The SMILES string of the molecule is C1=CC2[CH-]C3(CCC45[CH-]C6C=CC=CC6C4CCCC5)CCCCC3C2C=C1.[Hf]. The van der Waals surface area contributed by atoms with Gasteiger partial charge in [0.2, 0.25) is 0 Å². The average molecular weight is 551 g/mol. The number of hydrogen-bond donors (Lipinski definition) is 0. The maximum Gasteiger partial charge on any atom is 0 e. The van der Waals surface area contributed by atoms with Crippen molar-refractivity contribution in [3.05, 3.63) is 61.4 Å². The van der Waals surface area contributed by atoms with Crippen molar-refractivity contribution in [2.75, 3.05) is 0 Å². The van der Waals surface area contributed by atoms with Crippen LogP contribution in [-0.4, -0.2) is 0 Å². The molecule has 0 aromatic heterocycles. The Hall–Kier alpha value is -0.170. The summed E-state index contributed by atoms with van der Waals surface area (Å²) >= 11 is 0. The minimum absolute atomic E-state index is 0. The van der Waals surface area contributed by atoms with Crippen LogP contribution >= 0.6 is 0 Å². The number of rotatable bonds is 3. The third kappa shape index (κ3) is 3.32. The van der Waals surface area contributed by atoms with Crippen molar-refractivity contribution in [1.29, 1.82) is 0 Å². The molecule has 4 fully saturated rings. The summed E-state index contributed by atoms with van der Waals surface area (Å²) < 4.78 is 0. The van der Waals surface area contributed by atoms with E-state index in [0.717, 1.165) is 23.7 Å². The second-order valence-corrected chi connectivity index (χ2v) is 10.9. The molecule has 4 saturated carbocycles. The molecule has 0 spiro atoms. The maximum atomic E-state index is 2.85. The molecule has 8 atom stereocenters. The van der Waals surface area contributed by atoms with E-state index in [1.54, 1.807) is 0 Å². The normalized spacial score (nSPS) is 49.1. The maximum absolute atomic E-state index is 2.85. The predicted octanol–water partition coefficient (Wildman–Crippen LogP) is 7.27. The zero-order valence-electron chi connectivity index (χ0n) is 17.8. The molecular weight excluding hydrogens is 515 g/mol. The third-order valence-corrected chi connectivity index (χ3v) is 9.77. The zero-order valence-corrected chi connectivity index (χ0v) is 21.4. The van der Waals surface area contributed by atoms with Crippen molar-refractivity contribution in [2.24, 2.45) is 46.3 Å². The van der Waals surface area contributed by atoms with Crippen LogP contribution in [0.5, 0.6) is 0 Å². The van der Waals surface area contributed by atoms with E-state index in [-0.39, 0.29) is 25.8 Å². The van der Waals surface area contributed by atoms with Crippen LogP contribution in [0, 0.1) is 59.2 Å². The summed E-state index contributed by atoms with van der Waals surface area (Å²) in [5.74, 6) is 4.85. The van der Waals surface area contributed by atoms with Crippen molar-refractivity contribution in [3.63, 3.8) is 0 Å². The Morgan fingerprint density at radius 2 is 1.07 bits per heavy atom. The van der Waals surface area contributed by atoms with Crippen LogP contribution in [0.15, 0.2) is 48.6 Å². The van der Waals surface area contributed by atoms with Gasteiger partial charge in [0, 0.05) is 25.8 Å². The zero-order chi connectivity index (χ0) is 18.6. The fraction of sp³-hybridized carbons (Fsp3) is 0.643. The largest absolute Gasteiger partial charge is 0.315 e. The second-order valence-electron chi connectivity index (χ2n) is 10.9. The Kier molecular flexibility index (Phi) is 5.76. The van der Waals surface area contributed by atoms with E-state index in [9.17, 15) is 0 Å². The van der Waals surface area contributed by atoms with Crippen molar-refractivity contribution in [3.8, 4) is 0 Å². The molecule has 0 radical (unpaired) electrons.